The molecule has 7 heteroatoms. The largest absolute Gasteiger partial charge is 0.328 e. The van der Waals surface area contributed by atoms with Gasteiger partial charge in [0.2, 0.25) is 5.56 Å². The van der Waals surface area contributed by atoms with Crippen LogP contribution in [0.5, 0.6) is 0 Å². The molecule has 1 aromatic carbocycles. The van der Waals surface area contributed by atoms with Crippen LogP contribution in [0, 0.1) is 6.92 Å². The first kappa shape index (κ1) is 13.6. The number of benzene rings is 1. The third-order valence-electron chi connectivity index (χ3n) is 2.52. The fourth-order valence-corrected chi connectivity index (χ4v) is 2.96. The molecule has 1 heterocycles. The van der Waals surface area contributed by atoms with Crippen molar-refractivity contribution in [1.82, 2.24) is 4.98 Å². The second-order valence-corrected chi connectivity index (χ2v) is 6.02. The van der Waals surface area contributed by atoms with Crippen LogP contribution in [-0.4, -0.2) is 13.4 Å². The van der Waals surface area contributed by atoms with Gasteiger partial charge in [0.15, 0.2) is 0 Å². The molecule has 2 N–H and O–H groups in total. The second-order valence-electron chi connectivity index (χ2n) is 3.93. The first-order valence-corrected chi connectivity index (χ1v) is 7.23. The number of pyridine rings is 1. The summed E-state index contributed by atoms with van der Waals surface area (Å²) < 4.78 is 26.7. The van der Waals surface area contributed by atoms with Crippen LogP contribution in [0.15, 0.2) is 46.2 Å². The van der Waals surface area contributed by atoms with Crippen molar-refractivity contribution in [3.05, 3.63) is 57.5 Å². The molecule has 2 aromatic rings. The molecule has 0 saturated carbocycles. The molecule has 0 fully saturated rings. The van der Waals surface area contributed by atoms with E-state index in [0.717, 1.165) is 12.3 Å². The number of para-hydroxylation sites is 1. The standard InChI is InChI=1S/C12H11ClN2O3S/c1-8-3-2-4-10(13)12(8)15-19(17,18)9-5-6-11(16)14-7-9/h2-7,15H,1H3,(H,14,16). The molecule has 0 radical (unpaired) electrons. The van der Waals surface area contributed by atoms with Crippen LogP contribution in [0.1, 0.15) is 5.56 Å². The minimum atomic E-state index is -3.78. The normalized spacial score (nSPS) is 11.3. The number of aromatic amines is 1. The van der Waals surface area contributed by atoms with Crippen LogP contribution >= 0.6 is 11.6 Å². The lowest BCUT2D eigenvalue weighted by Crippen LogP contribution is -2.16. The zero-order valence-corrected chi connectivity index (χ0v) is 11.5. The third-order valence-corrected chi connectivity index (χ3v) is 4.19. The van der Waals surface area contributed by atoms with Crippen molar-refractivity contribution in [3.63, 3.8) is 0 Å². The predicted octanol–water partition coefficient (Wildman–Crippen LogP) is 2.14. The SMILES string of the molecule is Cc1cccc(Cl)c1NS(=O)(=O)c1ccc(=O)[nH]c1. The van der Waals surface area contributed by atoms with E-state index in [1.54, 1.807) is 25.1 Å². The molecule has 0 amide bonds. The molecule has 0 spiro atoms. The van der Waals surface area contributed by atoms with Gasteiger partial charge in [-0.3, -0.25) is 9.52 Å². The lowest BCUT2D eigenvalue weighted by Gasteiger charge is -2.11. The number of sulfonamides is 1. The highest BCUT2D eigenvalue weighted by Crippen LogP contribution is 2.27. The highest BCUT2D eigenvalue weighted by Gasteiger charge is 2.16. The number of hydrogen-bond donors (Lipinski definition) is 2. The van der Waals surface area contributed by atoms with Gasteiger partial charge in [-0.15, -0.1) is 0 Å². The van der Waals surface area contributed by atoms with Gasteiger partial charge in [0.25, 0.3) is 10.0 Å². The third kappa shape index (κ3) is 2.97. The molecule has 5 nitrogen and oxygen atoms in total. The van der Waals surface area contributed by atoms with E-state index in [4.69, 9.17) is 11.6 Å². The molecule has 0 aliphatic carbocycles. The Bertz CT molecular complexity index is 728. The summed E-state index contributed by atoms with van der Waals surface area (Å²) in [5.41, 5.74) is 0.670. The summed E-state index contributed by atoms with van der Waals surface area (Å²) in [6, 6.07) is 7.45. The van der Waals surface area contributed by atoms with Crippen molar-refractivity contribution in [2.75, 3.05) is 4.72 Å². The first-order chi connectivity index (χ1) is 8.90. The number of aromatic nitrogens is 1. The molecule has 19 heavy (non-hydrogen) atoms. The quantitative estimate of drug-likeness (QED) is 0.911. The number of rotatable bonds is 3. The molecule has 2 rings (SSSR count). The molecule has 1 aromatic heterocycles. The highest BCUT2D eigenvalue weighted by molar-refractivity contribution is 7.92. The van der Waals surface area contributed by atoms with Crippen molar-refractivity contribution >= 4 is 27.3 Å². The Morgan fingerprint density at radius 1 is 1.21 bits per heavy atom. The van der Waals surface area contributed by atoms with E-state index in [2.05, 4.69) is 9.71 Å². The van der Waals surface area contributed by atoms with Gasteiger partial charge in [-0.25, -0.2) is 8.42 Å². The Kier molecular flexibility index (Phi) is 3.64. The van der Waals surface area contributed by atoms with Crippen molar-refractivity contribution in [2.45, 2.75) is 11.8 Å². The van der Waals surface area contributed by atoms with Crippen molar-refractivity contribution in [2.24, 2.45) is 0 Å². The number of H-pyrrole nitrogens is 1. The monoisotopic (exact) mass is 298 g/mol. The molecular formula is C12H11ClN2O3S. The van der Waals surface area contributed by atoms with Crippen molar-refractivity contribution < 1.29 is 8.42 Å². The van der Waals surface area contributed by atoms with Gasteiger partial charge in [0.1, 0.15) is 4.90 Å². The maximum absolute atomic E-state index is 12.1. The maximum Gasteiger partial charge on any atom is 0.263 e. The topological polar surface area (TPSA) is 79.0 Å². The minimum absolute atomic E-state index is 0.0357. The summed E-state index contributed by atoms with van der Waals surface area (Å²) in [5, 5.41) is 0.313. The van der Waals surface area contributed by atoms with E-state index in [1.165, 1.54) is 6.07 Å². The summed E-state index contributed by atoms with van der Waals surface area (Å²) in [6.07, 6.45) is 1.14. The summed E-state index contributed by atoms with van der Waals surface area (Å²) in [7, 11) is -3.78. The van der Waals surface area contributed by atoms with Crippen LogP contribution in [0.4, 0.5) is 5.69 Å². The van der Waals surface area contributed by atoms with E-state index >= 15 is 0 Å². The lowest BCUT2D eigenvalue weighted by atomic mass is 10.2. The molecule has 0 atom stereocenters. The Balaban J connectivity index is 2.42. The molecule has 0 bridgehead atoms. The summed E-state index contributed by atoms with van der Waals surface area (Å²) in [5.74, 6) is 0. The molecule has 0 saturated heterocycles. The van der Waals surface area contributed by atoms with Crippen LogP contribution in [0.3, 0.4) is 0 Å². The van der Waals surface area contributed by atoms with Gasteiger partial charge in [-0.2, -0.15) is 0 Å². The Labute approximate surface area is 115 Å². The average Bonchev–Trinajstić information content (AvgIpc) is 2.35. The number of anilines is 1. The van der Waals surface area contributed by atoms with Crippen LogP contribution in [0.2, 0.25) is 5.02 Å². The summed E-state index contributed by atoms with van der Waals surface area (Å²) in [6.45, 7) is 1.75. The number of nitrogens with one attached hydrogen (secondary N) is 2. The molecule has 0 unspecified atom stereocenters. The summed E-state index contributed by atoms with van der Waals surface area (Å²) in [4.78, 5) is 13.2. The van der Waals surface area contributed by atoms with Crippen LogP contribution in [0.25, 0.3) is 0 Å². The maximum atomic E-state index is 12.1. The fraction of sp³-hybridized carbons (Fsp3) is 0.0833. The van der Waals surface area contributed by atoms with Gasteiger partial charge in [0.05, 0.1) is 10.7 Å². The lowest BCUT2D eigenvalue weighted by molar-refractivity contribution is 0.600. The zero-order chi connectivity index (χ0) is 14.0. The Morgan fingerprint density at radius 3 is 2.53 bits per heavy atom. The first-order valence-electron chi connectivity index (χ1n) is 5.37. The van der Waals surface area contributed by atoms with Crippen molar-refractivity contribution in [1.29, 1.82) is 0 Å². The van der Waals surface area contributed by atoms with E-state index < -0.39 is 10.0 Å². The average molecular weight is 299 g/mol. The highest BCUT2D eigenvalue weighted by atomic mass is 35.5. The van der Waals surface area contributed by atoms with E-state index in [1.807, 2.05) is 0 Å². The second kappa shape index (κ2) is 5.07. The molecular weight excluding hydrogens is 288 g/mol. The number of halogens is 1. The van der Waals surface area contributed by atoms with Gasteiger partial charge >= 0.3 is 0 Å². The van der Waals surface area contributed by atoms with Crippen LogP contribution in [-0.2, 0) is 10.0 Å². The number of hydrogen-bond acceptors (Lipinski definition) is 3. The minimum Gasteiger partial charge on any atom is -0.328 e. The Hall–Kier alpha value is -1.79. The van der Waals surface area contributed by atoms with E-state index in [0.29, 0.717) is 16.3 Å². The Morgan fingerprint density at radius 2 is 1.95 bits per heavy atom. The fourth-order valence-electron chi connectivity index (χ4n) is 1.52. The number of aryl methyl sites for hydroxylation is 1. The van der Waals surface area contributed by atoms with Gasteiger partial charge < -0.3 is 4.98 Å². The predicted molar refractivity (Wildman–Crippen MR) is 74.1 cm³/mol. The molecule has 100 valence electrons. The molecule has 0 aliphatic rings. The van der Waals surface area contributed by atoms with E-state index in [9.17, 15) is 13.2 Å². The van der Waals surface area contributed by atoms with Gasteiger partial charge in [0, 0.05) is 12.3 Å². The van der Waals surface area contributed by atoms with Gasteiger partial charge in [-0.05, 0) is 24.6 Å². The molecule has 0 aliphatic heterocycles. The van der Waals surface area contributed by atoms with Crippen LogP contribution < -0.4 is 10.3 Å². The summed E-state index contributed by atoms with van der Waals surface area (Å²) >= 11 is 5.96. The van der Waals surface area contributed by atoms with E-state index in [-0.39, 0.29) is 10.5 Å². The smallest absolute Gasteiger partial charge is 0.263 e. The van der Waals surface area contributed by atoms with Crippen molar-refractivity contribution in [3.8, 4) is 0 Å². The zero-order valence-electron chi connectivity index (χ0n) is 9.98. The van der Waals surface area contributed by atoms with Gasteiger partial charge in [-0.1, -0.05) is 23.7 Å².